The maximum Gasteiger partial charge on any atom is 0.326 e. The molecule has 192 valence electrons. The number of fused-ring (bicyclic) bond motifs is 3. The van der Waals surface area contributed by atoms with Crippen LogP contribution >= 0.6 is 0 Å². The molecule has 4 aromatic rings. The molecule has 0 spiro atoms. The Labute approximate surface area is 215 Å². The zero-order valence-corrected chi connectivity index (χ0v) is 20.0. The van der Waals surface area contributed by atoms with Gasteiger partial charge in [0.1, 0.15) is 0 Å². The molecule has 2 aromatic carbocycles. The Kier molecular flexibility index (Phi) is 6.94. The van der Waals surface area contributed by atoms with Gasteiger partial charge >= 0.3 is 6.03 Å². The predicted molar refractivity (Wildman–Crippen MR) is 133 cm³/mol. The number of aromatic nitrogens is 2. The van der Waals surface area contributed by atoms with E-state index in [1.165, 1.54) is 24.4 Å². The van der Waals surface area contributed by atoms with Crippen molar-refractivity contribution in [2.75, 3.05) is 13.1 Å². The highest BCUT2D eigenvalue weighted by Gasteiger charge is 2.26. The number of pyridine rings is 1. The van der Waals surface area contributed by atoms with Gasteiger partial charge in [-0.05, 0) is 53.6 Å². The van der Waals surface area contributed by atoms with Gasteiger partial charge in [0.15, 0.2) is 17.5 Å². The van der Waals surface area contributed by atoms with Gasteiger partial charge in [-0.2, -0.15) is 9.65 Å². The van der Waals surface area contributed by atoms with Crippen LogP contribution in [0.25, 0.3) is 17.0 Å². The molecular formula is C28H21F4N5O. The lowest BCUT2D eigenvalue weighted by atomic mass is 10.0. The fraction of sp³-hybridized carbons (Fsp3) is 0.179. The lowest BCUT2D eigenvalue weighted by Gasteiger charge is -2.27. The third-order valence-corrected chi connectivity index (χ3v) is 6.52. The van der Waals surface area contributed by atoms with E-state index in [-0.39, 0.29) is 18.1 Å². The topological polar surface area (TPSA) is 74.0 Å². The van der Waals surface area contributed by atoms with Gasteiger partial charge < -0.3 is 5.32 Å². The molecule has 38 heavy (non-hydrogen) atoms. The molecule has 1 amide bonds. The van der Waals surface area contributed by atoms with Crippen molar-refractivity contribution in [1.29, 1.82) is 5.26 Å². The molecule has 5 rings (SSSR count). The van der Waals surface area contributed by atoms with Crippen molar-refractivity contribution < 1.29 is 22.4 Å². The molecule has 0 unspecified atom stereocenters. The van der Waals surface area contributed by atoms with Crippen molar-refractivity contribution >= 4 is 23.0 Å². The first kappa shape index (κ1) is 25.2. The lowest BCUT2D eigenvalue weighted by molar-refractivity contribution is 0.240. The average Bonchev–Trinajstić information content (AvgIpc) is 3.24. The van der Waals surface area contributed by atoms with E-state index in [0.29, 0.717) is 42.7 Å². The number of hydrogen-bond acceptors (Lipinski definition) is 4. The number of nitrogens with zero attached hydrogens (tertiary/aromatic N) is 4. The highest BCUT2D eigenvalue weighted by atomic mass is 19.2. The van der Waals surface area contributed by atoms with E-state index in [0.717, 1.165) is 22.7 Å². The van der Waals surface area contributed by atoms with Crippen LogP contribution < -0.4 is 5.32 Å². The van der Waals surface area contributed by atoms with E-state index in [1.54, 1.807) is 34.9 Å². The van der Waals surface area contributed by atoms with Gasteiger partial charge in [-0.1, -0.05) is 12.2 Å². The van der Waals surface area contributed by atoms with Gasteiger partial charge in [0.05, 0.1) is 17.1 Å². The van der Waals surface area contributed by atoms with Gasteiger partial charge in [0.25, 0.3) is 0 Å². The van der Waals surface area contributed by atoms with Gasteiger partial charge in [-0.25, -0.2) is 22.9 Å². The van der Waals surface area contributed by atoms with Crippen molar-refractivity contribution in [2.24, 2.45) is 0 Å². The number of halogens is 4. The third kappa shape index (κ3) is 4.88. The monoisotopic (exact) mass is 519 g/mol. The summed E-state index contributed by atoms with van der Waals surface area (Å²) < 4.78 is 55.7. The van der Waals surface area contributed by atoms with Crippen LogP contribution in [-0.2, 0) is 19.5 Å². The van der Waals surface area contributed by atoms with Gasteiger partial charge in [0.2, 0.25) is 5.95 Å². The number of benzene rings is 2. The van der Waals surface area contributed by atoms with Crippen LogP contribution in [0, 0.1) is 34.7 Å². The van der Waals surface area contributed by atoms with Crippen LogP contribution in [0.15, 0.2) is 54.7 Å². The summed E-state index contributed by atoms with van der Waals surface area (Å²) >= 11 is 0. The second kappa shape index (κ2) is 10.5. The van der Waals surface area contributed by atoms with E-state index >= 15 is 0 Å². The summed E-state index contributed by atoms with van der Waals surface area (Å²) in [5.41, 5.74) is 3.31. The Morgan fingerprint density at radius 2 is 1.95 bits per heavy atom. The molecule has 0 saturated carbocycles. The molecule has 0 fully saturated rings. The molecule has 0 radical (unpaired) electrons. The van der Waals surface area contributed by atoms with E-state index in [2.05, 4.69) is 21.3 Å². The van der Waals surface area contributed by atoms with Crippen LogP contribution in [0.3, 0.4) is 0 Å². The van der Waals surface area contributed by atoms with Crippen molar-refractivity contribution in [3.63, 3.8) is 0 Å². The second-order valence-electron chi connectivity index (χ2n) is 8.90. The number of hydrogen-bond donors (Lipinski definition) is 1. The Morgan fingerprint density at radius 1 is 1.11 bits per heavy atom. The normalized spacial score (nSPS) is 13.6. The first-order chi connectivity index (χ1) is 18.4. The summed E-state index contributed by atoms with van der Waals surface area (Å²) in [7, 11) is 0. The summed E-state index contributed by atoms with van der Waals surface area (Å²) in [5.74, 6) is -4.63. The molecule has 6 nitrogen and oxygen atoms in total. The first-order valence-electron chi connectivity index (χ1n) is 11.8. The number of nitriles is 1. The molecule has 1 N–H and O–H groups in total. The van der Waals surface area contributed by atoms with Crippen LogP contribution in [0.1, 0.15) is 27.9 Å². The minimum atomic E-state index is -1.51. The molecule has 0 atom stereocenters. The van der Waals surface area contributed by atoms with E-state index in [4.69, 9.17) is 0 Å². The van der Waals surface area contributed by atoms with Gasteiger partial charge in [-0.3, -0.25) is 9.47 Å². The fourth-order valence-electron chi connectivity index (χ4n) is 4.68. The average molecular weight is 520 g/mol. The zero-order chi connectivity index (χ0) is 26.8. The number of amides is 1. The molecule has 0 bridgehead atoms. The largest absolute Gasteiger partial charge is 0.333 e. The Hall–Kier alpha value is -4.49. The van der Waals surface area contributed by atoms with Crippen LogP contribution in [-0.4, -0.2) is 33.6 Å². The fourth-order valence-corrected chi connectivity index (χ4v) is 4.68. The number of carbonyl (C=O) groups is 1. The lowest BCUT2D eigenvalue weighted by Crippen LogP contribution is -2.34. The second-order valence-corrected chi connectivity index (χ2v) is 8.90. The number of rotatable bonds is 5. The highest BCUT2D eigenvalue weighted by molar-refractivity contribution is 5.96. The van der Waals surface area contributed by atoms with Crippen molar-refractivity contribution in [1.82, 2.24) is 19.8 Å². The molecular weight excluding hydrogens is 498 g/mol. The number of carbonyl (C=O) groups excluding carboxylic acids is 1. The molecule has 3 heterocycles. The Bertz CT molecular complexity index is 1620. The van der Waals surface area contributed by atoms with E-state index in [1.807, 2.05) is 0 Å². The van der Waals surface area contributed by atoms with E-state index in [9.17, 15) is 27.6 Å². The SMILES string of the molecule is N#Cc1ccc2c(c1)c1c(n2C(=O)NCc2ccnc(F)c2)CCN(C/C=C/c2ccc(F)c(F)c2F)C1. The standard InChI is InChI=1S/C28H21F4N5O/c29-22-5-4-19(26(31)27(22)32)2-1-10-36-11-8-24-21(16-36)20-12-17(14-33)3-6-23(20)37(24)28(38)35-15-18-7-9-34-25(30)13-18/h1-7,9,12-13H,8,10-11,15-16H2,(H,35,38)/b2-1+. The van der Waals surface area contributed by atoms with Crippen molar-refractivity contribution in [3.8, 4) is 6.07 Å². The Balaban J connectivity index is 1.39. The zero-order valence-electron chi connectivity index (χ0n) is 20.0. The highest BCUT2D eigenvalue weighted by Crippen LogP contribution is 2.32. The molecule has 1 aliphatic rings. The predicted octanol–water partition coefficient (Wildman–Crippen LogP) is 5.29. The first-order valence-corrected chi connectivity index (χ1v) is 11.8. The summed E-state index contributed by atoms with van der Waals surface area (Å²) in [4.78, 5) is 18.8. The van der Waals surface area contributed by atoms with Gasteiger partial charge in [0, 0.05) is 55.4 Å². The summed E-state index contributed by atoms with van der Waals surface area (Å²) in [6.07, 6.45) is 4.93. The molecule has 1 aliphatic heterocycles. The molecule has 2 aromatic heterocycles. The smallest absolute Gasteiger partial charge is 0.326 e. The summed E-state index contributed by atoms with van der Waals surface area (Å²) in [5, 5.41) is 13.0. The molecule has 10 heteroatoms. The maximum atomic E-state index is 14.0. The maximum absolute atomic E-state index is 14.0. The van der Waals surface area contributed by atoms with Crippen molar-refractivity contribution in [2.45, 2.75) is 19.5 Å². The van der Waals surface area contributed by atoms with Crippen LogP contribution in [0.5, 0.6) is 0 Å². The van der Waals surface area contributed by atoms with Crippen molar-refractivity contribution in [3.05, 3.63) is 106 Å². The molecule has 0 saturated heterocycles. The van der Waals surface area contributed by atoms with E-state index < -0.39 is 23.4 Å². The van der Waals surface area contributed by atoms with Crippen LogP contribution in [0.2, 0.25) is 0 Å². The number of nitrogens with one attached hydrogen (secondary N) is 1. The van der Waals surface area contributed by atoms with Crippen LogP contribution in [0.4, 0.5) is 22.4 Å². The third-order valence-electron chi connectivity index (χ3n) is 6.52. The van der Waals surface area contributed by atoms with Gasteiger partial charge in [-0.15, -0.1) is 0 Å². The minimum Gasteiger partial charge on any atom is -0.333 e. The minimum absolute atomic E-state index is 0.0531. The summed E-state index contributed by atoms with van der Waals surface area (Å²) in [6.45, 7) is 1.56. The Morgan fingerprint density at radius 3 is 2.74 bits per heavy atom. The quantitative estimate of drug-likeness (QED) is 0.221. The molecule has 0 aliphatic carbocycles. The summed E-state index contributed by atoms with van der Waals surface area (Å²) in [6, 6.07) is 11.8.